The maximum atomic E-state index is 14.1. The van der Waals surface area contributed by atoms with Gasteiger partial charge in [-0.1, -0.05) is 23.8 Å². The van der Waals surface area contributed by atoms with Crippen molar-refractivity contribution in [3.05, 3.63) is 77.2 Å². The van der Waals surface area contributed by atoms with Gasteiger partial charge in [-0.15, -0.1) is 0 Å². The van der Waals surface area contributed by atoms with Crippen molar-refractivity contribution in [2.75, 3.05) is 21.3 Å². The number of rotatable bonds is 8. The molecule has 4 aromatic rings. The van der Waals surface area contributed by atoms with Crippen molar-refractivity contribution in [2.45, 2.75) is 36.5 Å². The molecular formula is C28H28N4O6S. The fraction of sp³-hybridized carbons (Fsp3) is 0.286. The van der Waals surface area contributed by atoms with E-state index in [9.17, 15) is 13.2 Å². The molecule has 0 radical (unpaired) electrons. The standard InChI is InChI=1S/C28H28N4O6S/c1-16-9-12-23(36-3)19(13-16)28(14-20(28)22-15-29-25(37-4)26(31-22)38-5)27(33)32-39(34,35)24-8-6-7-21-18(24)11-10-17(2)30-21/h6-13,15,20H,14H2,1-5H3,(H,32,33)/t20-,28-/m1/s1. The second-order valence-electron chi connectivity index (χ2n) is 9.46. The van der Waals surface area contributed by atoms with Crippen LogP contribution in [0.15, 0.2) is 59.6 Å². The van der Waals surface area contributed by atoms with E-state index in [1.807, 2.05) is 26.0 Å². The van der Waals surface area contributed by atoms with Crippen molar-refractivity contribution in [2.24, 2.45) is 0 Å². The third-order valence-corrected chi connectivity index (χ3v) is 8.41. The molecule has 202 valence electrons. The van der Waals surface area contributed by atoms with E-state index in [2.05, 4.69) is 19.7 Å². The van der Waals surface area contributed by atoms with E-state index in [4.69, 9.17) is 14.2 Å². The Bertz CT molecular complexity index is 1710. The van der Waals surface area contributed by atoms with Crippen LogP contribution < -0.4 is 18.9 Å². The Balaban J connectivity index is 1.60. The number of nitrogens with one attached hydrogen (secondary N) is 1. The van der Waals surface area contributed by atoms with E-state index in [0.717, 1.165) is 11.3 Å². The fourth-order valence-corrected chi connectivity index (χ4v) is 6.26. The number of carbonyl (C=O) groups is 1. The van der Waals surface area contributed by atoms with Crippen LogP contribution in [0, 0.1) is 13.8 Å². The summed E-state index contributed by atoms with van der Waals surface area (Å²) in [4.78, 5) is 27.3. The van der Waals surface area contributed by atoms with E-state index >= 15 is 0 Å². The molecule has 1 aliphatic rings. The second kappa shape index (κ2) is 9.81. The van der Waals surface area contributed by atoms with E-state index < -0.39 is 27.3 Å². The molecule has 2 aromatic carbocycles. The molecule has 2 atom stereocenters. The molecule has 1 amide bonds. The lowest BCUT2D eigenvalue weighted by Gasteiger charge is -2.21. The minimum absolute atomic E-state index is 0.0321. The Morgan fingerprint density at radius 2 is 1.74 bits per heavy atom. The first-order valence-electron chi connectivity index (χ1n) is 12.2. The molecule has 1 N–H and O–H groups in total. The summed E-state index contributed by atoms with van der Waals surface area (Å²) in [7, 11) is 0.135. The maximum absolute atomic E-state index is 14.1. The van der Waals surface area contributed by atoms with Gasteiger partial charge >= 0.3 is 0 Å². The summed E-state index contributed by atoms with van der Waals surface area (Å²) < 4.78 is 45.8. The van der Waals surface area contributed by atoms with Crippen molar-refractivity contribution in [1.82, 2.24) is 19.7 Å². The number of aromatic nitrogens is 3. The van der Waals surface area contributed by atoms with Gasteiger partial charge in [0.15, 0.2) is 0 Å². The molecule has 0 unspecified atom stereocenters. The minimum Gasteiger partial charge on any atom is -0.496 e. The average molecular weight is 549 g/mol. The van der Waals surface area contributed by atoms with Gasteiger partial charge in [-0.25, -0.2) is 23.1 Å². The van der Waals surface area contributed by atoms with Crippen LogP contribution in [-0.4, -0.2) is 50.6 Å². The molecule has 1 saturated carbocycles. The first kappa shape index (κ1) is 26.4. The summed E-state index contributed by atoms with van der Waals surface area (Å²) in [6.45, 7) is 3.72. The van der Waals surface area contributed by atoms with Crippen molar-refractivity contribution < 1.29 is 27.4 Å². The number of nitrogens with zero attached hydrogens (tertiary/aromatic N) is 3. The molecule has 0 saturated heterocycles. The van der Waals surface area contributed by atoms with Crippen LogP contribution in [0.3, 0.4) is 0 Å². The van der Waals surface area contributed by atoms with Crippen LogP contribution >= 0.6 is 0 Å². The van der Waals surface area contributed by atoms with E-state index in [1.165, 1.54) is 33.6 Å². The molecule has 2 aromatic heterocycles. The van der Waals surface area contributed by atoms with Crippen molar-refractivity contribution in [1.29, 1.82) is 0 Å². The fourth-order valence-electron chi connectivity index (χ4n) is 5.01. The normalized spacial score (nSPS) is 18.4. The lowest BCUT2D eigenvalue weighted by atomic mass is 9.89. The summed E-state index contributed by atoms with van der Waals surface area (Å²) in [5, 5.41) is 0.420. The molecule has 2 heterocycles. The molecule has 10 nitrogen and oxygen atoms in total. The Kier molecular flexibility index (Phi) is 6.63. The highest BCUT2D eigenvalue weighted by atomic mass is 32.2. The Hall–Kier alpha value is -4.25. The number of pyridine rings is 1. The second-order valence-corrected chi connectivity index (χ2v) is 11.1. The summed E-state index contributed by atoms with van der Waals surface area (Å²) in [6, 6.07) is 13.7. The first-order valence-corrected chi connectivity index (χ1v) is 13.7. The predicted molar refractivity (Wildman–Crippen MR) is 144 cm³/mol. The van der Waals surface area contributed by atoms with Crippen molar-refractivity contribution in [3.8, 4) is 17.5 Å². The zero-order valence-electron chi connectivity index (χ0n) is 22.2. The van der Waals surface area contributed by atoms with Gasteiger partial charge in [-0.05, 0) is 50.6 Å². The number of carbonyl (C=O) groups excluding carboxylic acids is 1. The molecule has 0 spiro atoms. The van der Waals surface area contributed by atoms with Crippen molar-refractivity contribution in [3.63, 3.8) is 0 Å². The zero-order valence-corrected chi connectivity index (χ0v) is 23.0. The quantitative estimate of drug-likeness (QED) is 0.351. The van der Waals surface area contributed by atoms with Gasteiger partial charge in [0.05, 0.1) is 49.0 Å². The number of aryl methyl sites for hydroxylation is 2. The highest BCUT2D eigenvalue weighted by Gasteiger charge is 2.64. The topological polar surface area (TPSA) is 130 Å². The largest absolute Gasteiger partial charge is 0.496 e. The van der Waals surface area contributed by atoms with Gasteiger partial charge in [-0.2, -0.15) is 0 Å². The average Bonchev–Trinajstić information content (AvgIpc) is 3.69. The summed E-state index contributed by atoms with van der Waals surface area (Å²) in [5.74, 6) is -0.349. The Morgan fingerprint density at radius 3 is 2.46 bits per heavy atom. The number of hydrogen-bond acceptors (Lipinski definition) is 9. The van der Waals surface area contributed by atoms with Gasteiger partial charge in [0, 0.05) is 22.6 Å². The van der Waals surface area contributed by atoms with Crippen LogP contribution in [0.1, 0.15) is 34.9 Å². The monoisotopic (exact) mass is 548 g/mol. The molecule has 0 bridgehead atoms. The number of ether oxygens (including phenoxy) is 3. The van der Waals surface area contributed by atoms with Crippen LogP contribution in [0.5, 0.6) is 17.5 Å². The van der Waals surface area contributed by atoms with Gasteiger partial charge < -0.3 is 14.2 Å². The number of benzene rings is 2. The molecule has 1 aliphatic carbocycles. The summed E-state index contributed by atoms with van der Waals surface area (Å²) >= 11 is 0. The maximum Gasteiger partial charge on any atom is 0.278 e. The highest BCUT2D eigenvalue weighted by Crippen LogP contribution is 2.62. The number of amides is 1. The SMILES string of the molecule is COc1ccc(C)cc1[C@]1(C(=O)NS(=O)(=O)c2cccc3nc(C)ccc23)C[C@@H]1c1cnc(OC)c(OC)n1. The number of sulfonamides is 1. The van der Waals surface area contributed by atoms with Crippen LogP contribution in [0.4, 0.5) is 0 Å². The van der Waals surface area contributed by atoms with Crippen LogP contribution in [0.2, 0.25) is 0 Å². The van der Waals surface area contributed by atoms with Gasteiger partial charge in [0.2, 0.25) is 5.91 Å². The first-order chi connectivity index (χ1) is 18.6. The minimum atomic E-state index is -4.27. The highest BCUT2D eigenvalue weighted by molar-refractivity contribution is 7.90. The lowest BCUT2D eigenvalue weighted by Crippen LogP contribution is -2.40. The van der Waals surface area contributed by atoms with Crippen LogP contribution in [-0.2, 0) is 20.2 Å². The molecular weight excluding hydrogens is 520 g/mol. The van der Waals surface area contributed by atoms with Crippen molar-refractivity contribution >= 4 is 26.8 Å². The number of hydrogen-bond donors (Lipinski definition) is 1. The third kappa shape index (κ3) is 4.52. The van der Waals surface area contributed by atoms with E-state index in [1.54, 1.807) is 30.3 Å². The van der Waals surface area contributed by atoms with E-state index in [-0.39, 0.29) is 23.1 Å². The van der Waals surface area contributed by atoms with E-state index in [0.29, 0.717) is 27.9 Å². The number of fused-ring (bicyclic) bond motifs is 1. The van der Waals surface area contributed by atoms with Gasteiger partial charge in [0.25, 0.3) is 21.8 Å². The molecule has 5 rings (SSSR count). The van der Waals surface area contributed by atoms with Gasteiger partial charge in [0.1, 0.15) is 5.75 Å². The molecule has 0 aliphatic heterocycles. The Labute approximate surface area is 226 Å². The lowest BCUT2D eigenvalue weighted by molar-refractivity contribution is -0.122. The number of methoxy groups -OCH3 is 3. The smallest absolute Gasteiger partial charge is 0.278 e. The predicted octanol–water partition coefficient (Wildman–Crippen LogP) is 3.60. The molecule has 39 heavy (non-hydrogen) atoms. The van der Waals surface area contributed by atoms with Gasteiger partial charge in [-0.3, -0.25) is 9.78 Å². The van der Waals surface area contributed by atoms with Crippen LogP contribution in [0.25, 0.3) is 10.9 Å². The molecule has 11 heteroatoms. The third-order valence-electron chi connectivity index (χ3n) is 7.02. The summed E-state index contributed by atoms with van der Waals surface area (Å²) in [6.07, 6.45) is 1.80. The zero-order chi connectivity index (χ0) is 27.9. The summed E-state index contributed by atoms with van der Waals surface area (Å²) in [5.41, 5.74) is 1.91. The molecule has 1 fully saturated rings. The Morgan fingerprint density at radius 1 is 0.974 bits per heavy atom.